The lowest BCUT2D eigenvalue weighted by molar-refractivity contribution is -0.121. The number of hydrogen-bond acceptors (Lipinski definition) is 1. The van der Waals surface area contributed by atoms with Gasteiger partial charge in [0.2, 0.25) is 5.91 Å². The van der Waals surface area contributed by atoms with E-state index in [-0.39, 0.29) is 11.9 Å². The number of halogens is 2. The SMILES string of the molecule is O=C(CCc1ccc(Cl)cc1Cl)NC(c1ccccc1)c1ccccc1. The summed E-state index contributed by atoms with van der Waals surface area (Å²) in [6, 6.07) is 25.1. The maximum atomic E-state index is 12.6. The van der Waals surface area contributed by atoms with E-state index < -0.39 is 0 Å². The van der Waals surface area contributed by atoms with Gasteiger partial charge in [0.1, 0.15) is 0 Å². The minimum Gasteiger partial charge on any atom is -0.345 e. The lowest BCUT2D eigenvalue weighted by Crippen LogP contribution is -2.29. The number of aryl methyl sites for hydroxylation is 1. The average Bonchev–Trinajstić information content (AvgIpc) is 2.67. The molecule has 3 aromatic rings. The van der Waals surface area contributed by atoms with E-state index in [0.29, 0.717) is 22.9 Å². The largest absolute Gasteiger partial charge is 0.345 e. The summed E-state index contributed by atoms with van der Waals surface area (Å²) in [5, 5.41) is 4.33. The van der Waals surface area contributed by atoms with Crippen molar-refractivity contribution in [3.05, 3.63) is 106 Å². The number of amides is 1. The van der Waals surface area contributed by atoms with Crippen molar-refractivity contribution < 1.29 is 4.79 Å². The van der Waals surface area contributed by atoms with Crippen LogP contribution in [0.4, 0.5) is 0 Å². The van der Waals surface area contributed by atoms with E-state index in [1.165, 1.54) is 0 Å². The topological polar surface area (TPSA) is 29.1 Å². The minimum atomic E-state index is -0.175. The van der Waals surface area contributed by atoms with Gasteiger partial charge in [-0.2, -0.15) is 0 Å². The highest BCUT2D eigenvalue weighted by Gasteiger charge is 2.16. The number of benzene rings is 3. The third-order valence-corrected chi connectivity index (χ3v) is 4.79. The fourth-order valence-electron chi connectivity index (χ4n) is 2.86. The Kier molecular flexibility index (Phi) is 6.32. The summed E-state index contributed by atoms with van der Waals surface area (Å²) in [4.78, 5) is 12.6. The molecule has 26 heavy (non-hydrogen) atoms. The average molecular weight is 384 g/mol. The van der Waals surface area contributed by atoms with Gasteiger partial charge in [-0.3, -0.25) is 4.79 Å². The van der Waals surface area contributed by atoms with Crippen LogP contribution in [0, 0.1) is 0 Å². The van der Waals surface area contributed by atoms with Gasteiger partial charge in [0.25, 0.3) is 0 Å². The van der Waals surface area contributed by atoms with Crippen LogP contribution in [-0.4, -0.2) is 5.91 Å². The van der Waals surface area contributed by atoms with E-state index in [1.54, 1.807) is 12.1 Å². The molecular formula is C22H19Cl2NO. The molecule has 0 saturated carbocycles. The molecule has 1 N–H and O–H groups in total. The molecule has 132 valence electrons. The Morgan fingerprint density at radius 3 is 1.96 bits per heavy atom. The van der Waals surface area contributed by atoms with Gasteiger partial charge in [-0.05, 0) is 35.2 Å². The second kappa shape index (κ2) is 8.88. The predicted octanol–water partition coefficient (Wildman–Crippen LogP) is 5.83. The Labute approximate surface area is 163 Å². The first kappa shape index (κ1) is 18.5. The third-order valence-electron chi connectivity index (χ3n) is 4.21. The van der Waals surface area contributed by atoms with E-state index in [1.807, 2.05) is 66.7 Å². The molecule has 0 bridgehead atoms. The molecule has 2 nitrogen and oxygen atoms in total. The summed E-state index contributed by atoms with van der Waals surface area (Å²) >= 11 is 12.1. The summed E-state index contributed by atoms with van der Waals surface area (Å²) in [7, 11) is 0. The molecular weight excluding hydrogens is 365 g/mol. The smallest absolute Gasteiger partial charge is 0.221 e. The maximum absolute atomic E-state index is 12.6. The number of rotatable bonds is 6. The maximum Gasteiger partial charge on any atom is 0.221 e. The molecule has 3 rings (SSSR count). The second-order valence-corrected chi connectivity index (χ2v) is 6.90. The zero-order valence-electron chi connectivity index (χ0n) is 14.2. The van der Waals surface area contributed by atoms with Gasteiger partial charge in [0, 0.05) is 16.5 Å². The quantitative estimate of drug-likeness (QED) is 0.569. The molecule has 4 heteroatoms. The van der Waals surface area contributed by atoms with Crippen LogP contribution < -0.4 is 5.32 Å². The number of carbonyl (C=O) groups excluding carboxylic acids is 1. The normalized spacial score (nSPS) is 10.7. The zero-order valence-corrected chi connectivity index (χ0v) is 15.7. The first-order valence-electron chi connectivity index (χ1n) is 8.46. The van der Waals surface area contributed by atoms with Crippen molar-refractivity contribution >= 4 is 29.1 Å². The van der Waals surface area contributed by atoms with Crippen LogP contribution in [0.15, 0.2) is 78.9 Å². The molecule has 0 heterocycles. The lowest BCUT2D eigenvalue weighted by Gasteiger charge is -2.20. The Hall–Kier alpha value is -2.29. The molecule has 0 spiro atoms. The summed E-state index contributed by atoms with van der Waals surface area (Å²) in [5.41, 5.74) is 3.02. The summed E-state index contributed by atoms with van der Waals surface area (Å²) in [5.74, 6) is -0.0197. The van der Waals surface area contributed by atoms with E-state index in [2.05, 4.69) is 5.32 Å². The van der Waals surface area contributed by atoms with E-state index >= 15 is 0 Å². The summed E-state index contributed by atoms with van der Waals surface area (Å²) in [6.07, 6.45) is 0.926. The van der Waals surface area contributed by atoms with E-state index in [9.17, 15) is 4.79 Å². The minimum absolute atomic E-state index is 0.0197. The van der Waals surface area contributed by atoms with Gasteiger partial charge in [-0.1, -0.05) is 89.9 Å². The Bertz CT molecular complexity index is 826. The molecule has 0 aromatic heterocycles. The molecule has 0 aliphatic heterocycles. The molecule has 0 saturated heterocycles. The van der Waals surface area contributed by atoms with Gasteiger partial charge in [0.05, 0.1) is 6.04 Å². The molecule has 0 aliphatic rings. The molecule has 0 unspecified atom stereocenters. The fourth-order valence-corrected chi connectivity index (χ4v) is 3.36. The number of carbonyl (C=O) groups is 1. The van der Waals surface area contributed by atoms with Gasteiger partial charge in [-0.25, -0.2) is 0 Å². The van der Waals surface area contributed by atoms with Gasteiger partial charge in [0.15, 0.2) is 0 Å². The van der Waals surface area contributed by atoms with Crippen LogP contribution in [0.2, 0.25) is 10.0 Å². The molecule has 3 aromatic carbocycles. The van der Waals surface area contributed by atoms with Crippen molar-refractivity contribution in [1.82, 2.24) is 5.32 Å². The van der Waals surface area contributed by atoms with Gasteiger partial charge >= 0.3 is 0 Å². The van der Waals surface area contributed by atoms with Crippen LogP contribution in [-0.2, 0) is 11.2 Å². The van der Waals surface area contributed by atoms with Gasteiger partial charge < -0.3 is 5.32 Å². The van der Waals surface area contributed by atoms with Crippen molar-refractivity contribution in [1.29, 1.82) is 0 Å². The fraction of sp³-hybridized carbons (Fsp3) is 0.136. The first-order valence-corrected chi connectivity index (χ1v) is 9.22. The standard InChI is InChI=1S/C22H19Cl2NO/c23-19-13-11-16(20(24)15-19)12-14-21(26)25-22(17-7-3-1-4-8-17)18-9-5-2-6-10-18/h1-11,13,15,22H,12,14H2,(H,25,26). The van der Waals surface area contributed by atoms with Crippen LogP contribution in [0.3, 0.4) is 0 Å². The monoisotopic (exact) mass is 383 g/mol. The Morgan fingerprint density at radius 2 is 1.42 bits per heavy atom. The van der Waals surface area contributed by atoms with E-state index in [4.69, 9.17) is 23.2 Å². The highest BCUT2D eigenvalue weighted by molar-refractivity contribution is 6.35. The number of nitrogens with one attached hydrogen (secondary N) is 1. The molecule has 0 atom stereocenters. The first-order chi connectivity index (χ1) is 12.6. The third kappa shape index (κ3) is 4.87. The van der Waals surface area contributed by atoms with Crippen molar-refractivity contribution in [2.24, 2.45) is 0 Å². The van der Waals surface area contributed by atoms with Crippen molar-refractivity contribution in [3.63, 3.8) is 0 Å². The molecule has 1 amide bonds. The molecule has 0 radical (unpaired) electrons. The summed E-state index contributed by atoms with van der Waals surface area (Å²) in [6.45, 7) is 0. The van der Waals surface area contributed by atoms with Gasteiger partial charge in [-0.15, -0.1) is 0 Å². The number of hydrogen-bond donors (Lipinski definition) is 1. The van der Waals surface area contributed by atoms with E-state index in [0.717, 1.165) is 16.7 Å². The van der Waals surface area contributed by atoms with Crippen LogP contribution in [0.1, 0.15) is 29.2 Å². The second-order valence-electron chi connectivity index (χ2n) is 6.06. The van der Waals surface area contributed by atoms with Crippen LogP contribution >= 0.6 is 23.2 Å². The van der Waals surface area contributed by atoms with Crippen molar-refractivity contribution in [3.8, 4) is 0 Å². The summed E-state index contributed by atoms with van der Waals surface area (Å²) < 4.78 is 0. The molecule has 0 aliphatic carbocycles. The Balaban J connectivity index is 1.71. The highest BCUT2D eigenvalue weighted by Crippen LogP contribution is 2.24. The van der Waals surface area contributed by atoms with Crippen molar-refractivity contribution in [2.45, 2.75) is 18.9 Å². The Morgan fingerprint density at radius 1 is 0.846 bits per heavy atom. The van der Waals surface area contributed by atoms with Crippen LogP contribution in [0.5, 0.6) is 0 Å². The zero-order chi connectivity index (χ0) is 18.4. The van der Waals surface area contributed by atoms with Crippen LogP contribution in [0.25, 0.3) is 0 Å². The predicted molar refractivity (Wildman–Crippen MR) is 108 cm³/mol. The highest BCUT2D eigenvalue weighted by atomic mass is 35.5. The molecule has 0 fully saturated rings. The lowest BCUT2D eigenvalue weighted by atomic mass is 9.98. The van der Waals surface area contributed by atoms with Crippen molar-refractivity contribution in [2.75, 3.05) is 0 Å².